The number of likely N-dealkylation sites (tertiary alicyclic amines) is 1. The van der Waals surface area contributed by atoms with Crippen LogP contribution in [0, 0.1) is 0 Å². The molecule has 3 amide bonds. The molecule has 0 aromatic heterocycles. The van der Waals surface area contributed by atoms with E-state index in [9.17, 15) is 14.4 Å². The zero-order valence-electron chi connectivity index (χ0n) is 16.3. The van der Waals surface area contributed by atoms with Crippen molar-refractivity contribution >= 4 is 17.7 Å². The summed E-state index contributed by atoms with van der Waals surface area (Å²) in [5, 5.41) is 0. The Labute approximate surface area is 161 Å². The molecule has 2 aliphatic rings. The monoisotopic (exact) mass is 371 g/mol. The van der Waals surface area contributed by atoms with E-state index in [1.54, 1.807) is 0 Å². The summed E-state index contributed by atoms with van der Waals surface area (Å²) in [7, 11) is 0. The molecule has 0 aliphatic carbocycles. The molecule has 6 heteroatoms. The average molecular weight is 371 g/mol. The van der Waals surface area contributed by atoms with Gasteiger partial charge in [0.25, 0.3) is 0 Å². The van der Waals surface area contributed by atoms with Crippen LogP contribution in [0.15, 0.2) is 24.3 Å². The van der Waals surface area contributed by atoms with Crippen LogP contribution in [0.2, 0.25) is 0 Å². The van der Waals surface area contributed by atoms with Crippen LogP contribution in [-0.4, -0.2) is 65.1 Å². The first kappa shape index (κ1) is 19.5. The predicted molar refractivity (Wildman–Crippen MR) is 103 cm³/mol. The topological polar surface area (TPSA) is 60.9 Å². The zero-order chi connectivity index (χ0) is 19.4. The lowest BCUT2D eigenvalue weighted by Crippen LogP contribution is -2.49. The van der Waals surface area contributed by atoms with Crippen molar-refractivity contribution in [3.8, 4) is 0 Å². The number of amides is 3. The Kier molecular flexibility index (Phi) is 6.26. The van der Waals surface area contributed by atoms with Crippen LogP contribution in [-0.2, 0) is 20.9 Å². The lowest BCUT2D eigenvalue weighted by molar-refractivity contribution is -0.139. The highest BCUT2D eigenvalue weighted by Crippen LogP contribution is 2.17. The van der Waals surface area contributed by atoms with Crippen molar-refractivity contribution in [3.63, 3.8) is 0 Å². The lowest BCUT2D eigenvalue weighted by atomic mass is 10.0. The van der Waals surface area contributed by atoms with Crippen molar-refractivity contribution in [1.82, 2.24) is 14.7 Å². The normalized spacial score (nSPS) is 18.6. The molecule has 0 atom stereocenters. The summed E-state index contributed by atoms with van der Waals surface area (Å²) in [5.74, 6) is 0.269. The van der Waals surface area contributed by atoms with E-state index < -0.39 is 0 Å². The van der Waals surface area contributed by atoms with Gasteiger partial charge >= 0.3 is 0 Å². The molecule has 2 heterocycles. The largest absolute Gasteiger partial charge is 0.340 e. The maximum atomic E-state index is 12.4. The van der Waals surface area contributed by atoms with Crippen LogP contribution in [0.4, 0.5) is 0 Å². The third-order valence-electron chi connectivity index (χ3n) is 5.48. The van der Waals surface area contributed by atoms with E-state index in [2.05, 4.69) is 43.0 Å². The molecule has 2 aliphatic heterocycles. The number of benzene rings is 1. The molecule has 27 heavy (non-hydrogen) atoms. The van der Waals surface area contributed by atoms with E-state index in [-0.39, 0.29) is 43.5 Å². The van der Waals surface area contributed by atoms with Crippen molar-refractivity contribution in [2.75, 3.05) is 32.7 Å². The Bertz CT molecular complexity index is 675. The van der Waals surface area contributed by atoms with Crippen LogP contribution < -0.4 is 0 Å². The summed E-state index contributed by atoms with van der Waals surface area (Å²) in [6, 6.07) is 8.77. The fraction of sp³-hybridized carbons (Fsp3) is 0.571. The van der Waals surface area contributed by atoms with Gasteiger partial charge in [-0.25, -0.2) is 0 Å². The predicted octanol–water partition coefficient (Wildman–Crippen LogP) is 1.99. The van der Waals surface area contributed by atoms with Crippen molar-refractivity contribution in [1.29, 1.82) is 0 Å². The van der Waals surface area contributed by atoms with Gasteiger partial charge in [0.2, 0.25) is 17.7 Å². The standard InChI is InChI=1S/C21H29N3O3/c1-16(2)18-5-3-17(4-6-18)15-22-11-13-23(14-12-22)19(25)9-10-24-20(26)7-8-21(24)27/h3-6,16H,7-15H2,1-2H3. The highest BCUT2D eigenvalue weighted by atomic mass is 16.2. The fourth-order valence-corrected chi connectivity index (χ4v) is 3.66. The molecule has 0 saturated carbocycles. The number of hydrogen-bond donors (Lipinski definition) is 0. The minimum atomic E-state index is -0.152. The Hall–Kier alpha value is -2.21. The van der Waals surface area contributed by atoms with Gasteiger partial charge in [0, 0.05) is 58.5 Å². The second-order valence-corrected chi connectivity index (χ2v) is 7.74. The van der Waals surface area contributed by atoms with E-state index in [1.165, 1.54) is 16.0 Å². The first-order valence-corrected chi connectivity index (χ1v) is 9.86. The molecule has 6 nitrogen and oxygen atoms in total. The van der Waals surface area contributed by atoms with Crippen molar-refractivity contribution in [3.05, 3.63) is 35.4 Å². The summed E-state index contributed by atoms with van der Waals surface area (Å²) < 4.78 is 0. The molecule has 0 radical (unpaired) electrons. The Balaban J connectivity index is 1.42. The summed E-state index contributed by atoms with van der Waals surface area (Å²) in [6.07, 6.45) is 0.793. The van der Waals surface area contributed by atoms with Crippen molar-refractivity contribution in [2.45, 2.75) is 45.6 Å². The van der Waals surface area contributed by atoms with Gasteiger partial charge in [0.15, 0.2) is 0 Å². The highest BCUT2D eigenvalue weighted by Gasteiger charge is 2.30. The third kappa shape index (κ3) is 4.95. The molecule has 0 N–H and O–H groups in total. The number of carbonyl (C=O) groups excluding carboxylic acids is 3. The molecule has 1 aromatic carbocycles. The van der Waals surface area contributed by atoms with E-state index in [0.29, 0.717) is 19.0 Å². The minimum Gasteiger partial charge on any atom is -0.340 e. The molecule has 1 aromatic rings. The van der Waals surface area contributed by atoms with Crippen molar-refractivity contribution < 1.29 is 14.4 Å². The van der Waals surface area contributed by atoms with Gasteiger partial charge in [-0.05, 0) is 17.0 Å². The lowest BCUT2D eigenvalue weighted by Gasteiger charge is -2.35. The molecule has 2 saturated heterocycles. The zero-order valence-corrected chi connectivity index (χ0v) is 16.3. The summed E-state index contributed by atoms with van der Waals surface area (Å²) >= 11 is 0. The molecule has 3 rings (SSSR count). The molecular formula is C21H29N3O3. The second kappa shape index (κ2) is 8.65. The van der Waals surface area contributed by atoms with Crippen LogP contribution in [0.5, 0.6) is 0 Å². The van der Waals surface area contributed by atoms with Crippen LogP contribution in [0.25, 0.3) is 0 Å². The summed E-state index contributed by atoms with van der Waals surface area (Å²) in [5.41, 5.74) is 2.65. The summed E-state index contributed by atoms with van der Waals surface area (Å²) in [6.45, 7) is 8.60. The van der Waals surface area contributed by atoms with Crippen LogP contribution in [0.3, 0.4) is 0 Å². The number of carbonyl (C=O) groups is 3. The molecule has 2 fully saturated rings. The van der Waals surface area contributed by atoms with Gasteiger partial charge < -0.3 is 4.90 Å². The quantitative estimate of drug-likeness (QED) is 0.718. The van der Waals surface area contributed by atoms with Gasteiger partial charge in [0.1, 0.15) is 0 Å². The maximum Gasteiger partial charge on any atom is 0.229 e. The van der Waals surface area contributed by atoms with Crippen LogP contribution >= 0.6 is 0 Å². The van der Waals surface area contributed by atoms with Gasteiger partial charge in [-0.15, -0.1) is 0 Å². The number of rotatable bonds is 6. The van der Waals surface area contributed by atoms with E-state index in [1.807, 2.05) is 4.90 Å². The number of imide groups is 1. The second-order valence-electron chi connectivity index (χ2n) is 7.74. The number of nitrogens with zero attached hydrogens (tertiary/aromatic N) is 3. The smallest absolute Gasteiger partial charge is 0.229 e. The van der Waals surface area contributed by atoms with E-state index >= 15 is 0 Å². The fourth-order valence-electron chi connectivity index (χ4n) is 3.66. The van der Waals surface area contributed by atoms with Gasteiger partial charge in [-0.1, -0.05) is 38.1 Å². The SMILES string of the molecule is CC(C)c1ccc(CN2CCN(C(=O)CCN3C(=O)CCC3=O)CC2)cc1. The highest BCUT2D eigenvalue weighted by molar-refractivity contribution is 6.02. The van der Waals surface area contributed by atoms with Gasteiger partial charge in [-0.3, -0.25) is 24.2 Å². The minimum absolute atomic E-state index is 0.0310. The van der Waals surface area contributed by atoms with Gasteiger partial charge in [-0.2, -0.15) is 0 Å². The van der Waals surface area contributed by atoms with Crippen molar-refractivity contribution in [2.24, 2.45) is 0 Å². The Morgan fingerprint density at radius 3 is 2.11 bits per heavy atom. The number of piperazine rings is 1. The first-order valence-electron chi connectivity index (χ1n) is 9.86. The molecule has 0 spiro atoms. The average Bonchev–Trinajstić information content (AvgIpc) is 2.98. The molecular weight excluding hydrogens is 342 g/mol. The van der Waals surface area contributed by atoms with E-state index in [0.717, 1.165) is 19.6 Å². The molecule has 0 unspecified atom stereocenters. The first-order chi connectivity index (χ1) is 12.9. The molecule has 0 bridgehead atoms. The third-order valence-corrected chi connectivity index (χ3v) is 5.48. The van der Waals surface area contributed by atoms with Crippen LogP contribution in [0.1, 0.15) is 50.2 Å². The summed E-state index contributed by atoms with van der Waals surface area (Å²) in [4.78, 5) is 41.1. The van der Waals surface area contributed by atoms with Gasteiger partial charge in [0.05, 0.1) is 0 Å². The molecule has 146 valence electrons. The number of hydrogen-bond acceptors (Lipinski definition) is 4. The van der Waals surface area contributed by atoms with E-state index in [4.69, 9.17) is 0 Å². The maximum absolute atomic E-state index is 12.4. The Morgan fingerprint density at radius 2 is 1.56 bits per heavy atom. The Morgan fingerprint density at radius 1 is 0.963 bits per heavy atom.